The maximum atomic E-state index is 11.9. The Kier molecular flexibility index (Phi) is 3.56. The number of nitrogens with zero attached hydrogens (tertiary/aromatic N) is 2. The van der Waals surface area contributed by atoms with E-state index in [-0.39, 0.29) is 5.57 Å². The first-order valence-corrected chi connectivity index (χ1v) is 6.02. The van der Waals surface area contributed by atoms with Gasteiger partial charge in [-0.05, 0) is 23.8 Å². The average molecular weight is 273 g/mol. The Balaban J connectivity index is 2.31. The van der Waals surface area contributed by atoms with Crippen LogP contribution in [0.15, 0.2) is 29.8 Å². The molecule has 1 aliphatic heterocycles. The van der Waals surface area contributed by atoms with E-state index in [4.69, 9.17) is 0 Å². The van der Waals surface area contributed by atoms with E-state index < -0.39 is 17.8 Å². The molecular weight excluding hydrogens is 258 g/mol. The van der Waals surface area contributed by atoms with Gasteiger partial charge >= 0.3 is 6.03 Å². The van der Waals surface area contributed by atoms with Crippen molar-refractivity contribution in [3.05, 3.63) is 35.4 Å². The molecule has 1 aromatic carbocycles. The molecule has 0 radical (unpaired) electrons. The summed E-state index contributed by atoms with van der Waals surface area (Å²) in [5.74, 6) is -1.27. The lowest BCUT2D eigenvalue weighted by Crippen LogP contribution is -2.52. The number of likely N-dealkylation sites (N-methyl/N-ethyl adjacent to an activating group) is 1. The SMILES string of the molecule is CN1C(=O)NC(=O)/C(=C\c2ccc(N(C)C)cc2)C1=O. The predicted molar refractivity (Wildman–Crippen MR) is 75.1 cm³/mol. The highest BCUT2D eigenvalue weighted by atomic mass is 16.2. The monoisotopic (exact) mass is 273 g/mol. The van der Waals surface area contributed by atoms with Gasteiger partial charge in [-0.1, -0.05) is 12.1 Å². The van der Waals surface area contributed by atoms with E-state index in [0.717, 1.165) is 16.2 Å². The van der Waals surface area contributed by atoms with Gasteiger partial charge in [-0.2, -0.15) is 0 Å². The molecule has 104 valence electrons. The molecule has 1 saturated heterocycles. The van der Waals surface area contributed by atoms with Crippen molar-refractivity contribution in [2.24, 2.45) is 0 Å². The number of hydrogen-bond acceptors (Lipinski definition) is 4. The van der Waals surface area contributed by atoms with E-state index in [1.165, 1.54) is 13.1 Å². The minimum atomic E-state index is -0.708. The second-order valence-corrected chi connectivity index (χ2v) is 4.67. The highest BCUT2D eigenvalue weighted by molar-refractivity contribution is 6.30. The summed E-state index contributed by atoms with van der Waals surface area (Å²) in [5, 5.41) is 2.11. The smallest absolute Gasteiger partial charge is 0.331 e. The second kappa shape index (κ2) is 5.16. The van der Waals surface area contributed by atoms with Crippen LogP contribution in [0.25, 0.3) is 6.08 Å². The van der Waals surface area contributed by atoms with Crippen molar-refractivity contribution in [2.75, 3.05) is 26.0 Å². The van der Waals surface area contributed by atoms with Crippen LogP contribution in [0.2, 0.25) is 0 Å². The van der Waals surface area contributed by atoms with Gasteiger partial charge in [0, 0.05) is 26.8 Å². The molecule has 6 nitrogen and oxygen atoms in total. The largest absolute Gasteiger partial charge is 0.378 e. The zero-order valence-corrected chi connectivity index (χ0v) is 11.5. The van der Waals surface area contributed by atoms with Crippen LogP contribution in [0.5, 0.6) is 0 Å². The number of urea groups is 1. The van der Waals surface area contributed by atoms with E-state index in [1.807, 2.05) is 31.1 Å². The third-order valence-electron chi connectivity index (χ3n) is 3.03. The molecule has 20 heavy (non-hydrogen) atoms. The normalized spacial score (nSPS) is 17.4. The summed E-state index contributed by atoms with van der Waals surface area (Å²) >= 11 is 0. The molecule has 2 rings (SSSR count). The maximum Gasteiger partial charge on any atom is 0.331 e. The number of anilines is 1. The first kappa shape index (κ1) is 13.8. The van der Waals surface area contributed by atoms with E-state index in [9.17, 15) is 14.4 Å². The zero-order valence-electron chi connectivity index (χ0n) is 11.5. The van der Waals surface area contributed by atoms with Gasteiger partial charge in [-0.15, -0.1) is 0 Å². The van der Waals surface area contributed by atoms with Gasteiger partial charge in [0.05, 0.1) is 0 Å². The zero-order chi connectivity index (χ0) is 14.9. The summed E-state index contributed by atoms with van der Waals surface area (Å²) in [7, 11) is 5.17. The summed E-state index contributed by atoms with van der Waals surface area (Å²) in [4.78, 5) is 37.7. The van der Waals surface area contributed by atoms with Gasteiger partial charge < -0.3 is 4.90 Å². The molecule has 1 heterocycles. The van der Waals surface area contributed by atoms with Crippen LogP contribution in [-0.2, 0) is 9.59 Å². The highest BCUT2D eigenvalue weighted by Crippen LogP contribution is 2.16. The van der Waals surface area contributed by atoms with Crippen LogP contribution in [0, 0.1) is 0 Å². The van der Waals surface area contributed by atoms with Crippen molar-refractivity contribution in [2.45, 2.75) is 0 Å². The summed E-state index contributed by atoms with van der Waals surface area (Å²) in [6, 6.07) is 6.66. The average Bonchev–Trinajstić information content (AvgIpc) is 2.42. The van der Waals surface area contributed by atoms with Gasteiger partial charge in [0.25, 0.3) is 11.8 Å². The second-order valence-electron chi connectivity index (χ2n) is 4.67. The minimum Gasteiger partial charge on any atom is -0.378 e. The van der Waals surface area contributed by atoms with Crippen LogP contribution >= 0.6 is 0 Å². The summed E-state index contributed by atoms with van der Waals surface area (Å²) in [5.41, 5.74) is 1.68. The number of imide groups is 2. The number of barbiturate groups is 1. The Bertz CT molecular complexity index is 603. The Hall–Kier alpha value is -2.63. The van der Waals surface area contributed by atoms with Gasteiger partial charge in [-0.25, -0.2) is 4.79 Å². The van der Waals surface area contributed by atoms with E-state index in [1.54, 1.807) is 12.1 Å². The first-order chi connectivity index (χ1) is 9.40. The van der Waals surface area contributed by atoms with Crippen LogP contribution < -0.4 is 10.2 Å². The van der Waals surface area contributed by atoms with Crippen molar-refractivity contribution in [1.29, 1.82) is 0 Å². The molecule has 0 bridgehead atoms. The first-order valence-electron chi connectivity index (χ1n) is 6.02. The predicted octanol–water partition coefficient (Wildman–Crippen LogP) is 0.844. The van der Waals surface area contributed by atoms with Gasteiger partial charge in [0.2, 0.25) is 0 Å². The Morgan fingerprint density at radius 3 is 2.25 bits per heavy atom. The Morgan fingerprint density at radius 1 is 1.10 bits per heavy atom. The molecule has 1 N–H and O–H groups in total. The fourth-order valence-corrected chi connectivity index (χ4v) is 1.78. The van der Waals surface area contributed by atoms with Crippen molar-refractivity contribution in [1.82, 2.24) is 10.2 Å². The standard InChI is InChI=1S/C14H15N3O3/c1-16(2)10-6-4-9(5-7-10)8-11-12(18)15-14(20)17(3)13(11)19/h4-8H,1-3H3,(H,15,18,20)/b11-8+. The van der Waals surface area contributed by atoms with Crippen LogP contribution in [-0.4, -0.2) is 43.9 Å². The molecule has 4 amide bonds. The van der Waals surface area contributed by atoms with Crippen molar-refractivity contribution in [3.8, 4) is 0 Å². The number of carbonyl (C=O) groups excluding carboxylic acids is 3. The van der Waals surface area contributed by atoms with E-state index in [2.05, 4.69) is 5.32 Å². The molecule has 0 aromatic heterocycles. The topological polar surface area (TPSA) is 69.7 Å². The van der Waals surface area contributed by atoms with Crippen LogP contribution in [0.3, 0.4) is 0 Å². The molecule has 1 aliphatic rings. The third-order valence-corrected chi connectivity index (χ3v) is 3.03. The molecular formula is C14H15N3O3. The summed E-state index contributed by atoms with van der Waals surface area (Å²) in [6.07, 6.45) is 1.47. The number of rotatable bonds is 2. The molecule has 0 spiro atoms. The van der Waals surface area contributed by atoms with Crippen molar-refractivity contribution >= 4 is 29.6 Å². The lowest BCUT2D eigenvalue weighted by molar-refractivity contribution is -0.129. The van der Waals surface area contributed by atoms with Gasteiger partial charge in [-0.3, -0.25) is 19.8 Å². The summed E-state index contributed by atoms with van der Waals surface area (Å²) < 4.78 is 0. The number of nitrogens with one attached hydrogen (secondary N) is 1. The quantitative estimate of drug-likeness (QED) is 0.640. The van der Waals surface area contributed by atoms with Crippen molar-refractivity contribution in [3.63, 3.8) is 0 Å². The lowest BCUT2D eigenvalue weighted by Gasteiger charge is -2.22. The molecule has 0 atom stereocenters. The van der Waals surface area contributed by atoms with Gasteiger partial charge in [0.15, 0.2) is 0 Å². The molecule has 1 aromatic rings. The Morgan fingerprint density at radius 2 is 1.70 bits per heavy atom. The molecule has 0 unspecified atom stereocenters. The Labute approximate surface area is 116 Å². The number of carbonyl (C=O) groups is 3. The van der Waals surface area contributed by atoms with E-state index >= 15 is 0 Å². The lowest BCUT2D eigenvalue weighted by atomic mass is 10.1. The molecule has 1 fully saturated rings. The number of amides is 4. The molecule has 6 heteroatoms. The molecule has 0 aliphatic carbocycles. The van der Waals surface area contributed by atoms with Crippen molar-refractivity contribution < 1.29 is 14.4 Å². The minimum absolute atomic E-state index is 0.0512. The highest BCUT2D eigenvalue weighted by Gasteiger charge is 2.32. The summed E-state index contributed by atoms with van der Waals surface area (Å²) in [6.45, 7) is 0. The fraction of sp³-hybridized carbons (Fsp3) is 0.214. The maximum absolute atomic E-state index is 11.9. The van der Waals surface area contributed by atoms with Crippen LogP contribution in [0.1, 0.15) is 5.56 Å². The van der Waals surface area contributed by atoms with Crippen LogP contribution in [0.4, 0.5) is 10.5 Å². The van der Waals surface area contributed by atoms with E-state index in [0.29, 0.717) is 0 Å². The van der Waals surface area contributed by atoms with Gasteiger partial charge in [0.1, 0.15) is 5.57 Å². The fourth-order valence-electron chi connectivity index (χ4n) is 1.78. The third kappa shape index (κ3) is 2.54. The molecule has 0 saturated carbocycles. The number of benzene rings is 1. The number of hydrogen-bond donors (Lipinski definition) is 1.